The van der Waals surface area contributed by atoms with Crippen LogP contribution in [0, 0.1) is 13.8 Å². The molecule has 0 unspecified atom stereocenters. The molecule has 0 atom stereocenters. The molecule has 256 valence electrons. The van der Waals surface area contributed by atoms with Crippen molar-refractivity contribution in [2.75, 3.05) is 28.4 Å². The van der Waals surface area contributed by atoms with E-state index in [1.54, 1.807) is 13.8 Å². The number of esters is 3. The third-order valence-corrected chi connectivity index (χ3v) is 6.82. The first-order chi connectivity index (χ1) is 23.2. The van der Waals surface area contributed by atoms with Gasteiger partial charge in [0.05, 0.1) is 28.4 Å². The molecule has 0 radical (unpaired) electrons. The summed E-state index contributed by atoms with van der Waals surface area (Å²) in [5.74, 6) is -8.03. The van der Waals surface area contributed by atoms with Crippen LogP contribution in [0.5, 0.6) is 57.5 Å². The van der Waals surface area contributed by atoms with Crippen molar-refractivity contribution in [3.63, 3.8) is 0 Å². The van der Waals surface area contributed by atoms with Crippen LogP contribution in [-0.2, 0) is 9.47 Å². The Kier molecular flexibility index (Phi) is 10.4. The third kappa shape index (κ3) is 7.35. The van der Waals surface area contributed by atoms with Crippen molar-refractivity contribution >= 4 is 23.9 Å². The minimum absolute atomic E-state index is 0.114. The number of rotatable bonds is 11. The Balaban J connectivity index is 1.82. The second kappa shape index (κ2) is 14.4. The number of carboxylic acid groups (broad SMARTS) is 1. The molecule has 15 nitrogen and oxygen atoms in total. The first kappa shape index (κ1) is 35.2. The van der Waals surface area contributed by atoms with Crippen LogP contribution in [0.25, 0.3) is 0 Å². The molecule has 0 fully saturated rings. The highest BCUT2D eigenvalue weighted by Gasteiger charge is 2.29. The number of phenols is 3. The fourth-order valence-corrected chi connectivity index (χ4v) is 4.69. The number of ether oxygens (including phenoxy) is 7. The number of hydrogen-bond donors (Lipinski definition) is 4. The predicted octanol–water partition coefficient (Wildman–Crippen LogP) is 5.51. The Morgan fingerprint density at radius 1 is 0.551 bits per heavy atom. The summed E-state index contributed by atoms with van der Waals surface area (Å²) >= 11 is 0. The molecule has 4 N–H and O–H groups in total. The van der Waals surface area contributed by atoms with E-state index < -0.39 is 46.5 Å². The molecule has 49 heavy (non-hydrogen) atoms. The van der Waals surface area contributed by atoms with Gasteiger partial charge in [-0.3, -0.25) is 0 Å². The molecule has 0 bridgehead atoms. The van der Waals surface area contributed by atoms with Crippen molar-refractivity contribution in [2.24, 2.45) is 0 Å². The maximum Gasteiger partial charge on any atom is 0.351 e. The highest BCUT2D eigenvalue weighted by molar-refractivity contribution is 5.99. The van der Waals surface area contributed by atoms with Gasteiger partial charge in [-0.15, -0.1) is 0 Å². The average Bonchev–Trinajstić information content (AvgIpc) is 3.03. The first-order valence-corrected chi connectivity index (χ1v) is 14.0. The van der Waals surface area contributed by atoms with E-state index in [9.17, 15) is 39.6 Å². The van der Waals surface area contributed by atoms with E-state index in [0.717, 1.165) is 38.5 Å². The zero-order valence-electron chi connectivity index (χ0n) is 26.9. The number of phenolic OH excluding ortho intramolecular Hbond substituents is 2. The van der Waals surface area contributed by atoms with Gasteiger partial charge < -0.3 is 53.6 Å². The standard InChI is InChI=1S/C34H30O15/c1-15-7-21(36)27(31(38)39)23(9-15)48-30-20(33(41)46-6)13-18(14-26(30)44-4)47-34(42)28-22(37)8-16(2)10-24(28)49-29-19(32(40)45-5)11-17(35)12-25(29)43-3/h7-14,35-37H,1-6H3,(H,38,39). The molecular weight excluding hydrogens is 648 g/mol. The number of carboxylic acids is 1. The molecule has 4 aromatic rings. The van der Waals surface area contributed by atoms with Crippen LogP contribution in [0.15, 0.2) is 48.5 Å². The zero-order chi connectivity index (χ0) is 36.2. The number of hydrogen-bond acceptors (Lipinski definition) is 14. The second-order valence-corrected chi connectivity index (χ2v) is 10.2. The fourth-order valence-electron chi connectivity index (χ4n) is 4.69. The summed E-state index contributed by atoms with van der Waals surface area (Å²) < 4.78 is 37.6. The minimum Gasteiger partial charge on any atom is -0.508 e. The van der Waals surface area contributed by atoms with E-state index >= 15 is 0 Å². The number of aromatic hydroxyl groups is 3. The SMILES string of the molecule is COC(=O)c1cc(OC(=O)c2c(O)cc(C)cc2Oc2c(OC)cc(O)cc2C(=O)OC)cc(OC)c1Oc1cc(C)cc(O)c1C(=O)O. The zero-order valence-corrected chi connectivity index (χ0v) is 26.9. The Morgan fingerprint density at radius 2 is 1.02 bits per heavy atom. The quantitative estimate of drug-likeness (QED) is 0.114. The molecule has 4 rings (SSSR count). The Bertz CT molecular complexity index is 1980. The topological polar surface area (TPSA) is 214 Å². The molecule has 0 aromatic heterocycles. The normalized spacial score (nSPS) is 10.5. The Labute approximate surface area is 278 Å². The van der Waals surface area contributed by atoms with E-state index in [2.05, 4.69) is 0 Å². The lowest BCUT2D eigenvalue weighted by molar-refractivity contribution is 0.0586. The molecule has 0 aliphatic heterocycles. The van der Waals surface area contributed by atoms with Crippen molar-refractivity contribution < 1.29 is 72.8 Å². The van der Waals surface area contributed by atoms with Gasteiger partial charge in [-0.2, -0.15) is 0 Å². The summed E-state index contributed by atoms with van der Waals surface area (Å²) in [6.07, 6.45) is 0. The second-order valence-electron chi connectivity index (χ2n) is 10.2. The lowest BCUT2D eigenvalue weighted by atomic mass is 10.1. The largest absolute Gasteiger partial charge is 0.508 e. The Hall–Kier alpha value is -6.64. The molecule has 15 heteroatoms. The molecule has 0 spiro atoms. The molecule has 0 aliphatic rings. The highest BCUT2D eigenvalue weighted by Crippen LogP contribution is 2.44. The van der Waals surface area contributed by atoms with Gasteiger partial charge in [0, 0.05) is 12.1 Å². The van der Waals surface area contributed by atoms with Crippen LogP contribution < -0.4 is 23.7 Å². The maximum absolute atomic E-state index is 13.7. The molecule has 0 saturated carbocycles. The van der Waals surface area contributed by atoms with Crippen molar-refractivity contribution in [1.82, 2.24) is 0 Å². The van der Waals surface area contributed by atoms with Crippen molar-refractivity contribution in [1.29, 1.82) is 0 Å². The summed E-state index contributed by atoms with van der Waals surface area (Å²) in [5.41, 5.74) is -0.890. The van der Waals surface area contributed by atoms with Crippen LogP contribution in [0.1, 0.15) is 52.6 Å². The van der Waals surface area contributed by atoms with Crippen LogP contribution >= 0.6 is 0 Å². The predicted molar refractivity (Wildman–Crippen MR) is 168 cm³/mol. The van der Waals surface area contributed by atoms with E-state index in [4.69, 9.17) is 33.2 Å². The van der Waals surface area contributed by atoms with Crippen LogP contribution in [-0.4, -0.2) is 72.7 Å². The number of carbonyl (C=O) groups is 4. The lowest BCUT2D eigenvalue weighted by Crippen LogP contribution is -2.13. The van der Waals surface area contributed by atoms with Crippen molar-refractivity contribution in [3.05, 3.63) is 81.9 Å². The highest BCUT2D eigenvalue weighted by atomic mass is 16.6. The number of carbonyl (C=O) groups excluding carboxylic acids is 3. The van der Waals surface area contributed by atoms with Crippen LogP contribution in [0.3, 0.4) is 0 Å². The van der Waals surface area contributed by atoms with E-state index in [1.165, 1.54) is 38.5 Å². The van der Waals surface area contributed by atoms with Gasteiger partial charge in [0.25, 0.3) is 0 Å². The number of benzene rings is 4. The first-order valence-electron chi connectivity index (χ1n) is 14.0. The maximum atomic E-state index is 13.7. The van der Waals surface area contributed by atoms with Gasteiger partial charge in [0.1, 0.15) is 56.8 Å². The van der Waals surface area contributed by atoms with Crippen LogP contribution in [0.4, 0.5) is 0 Å². The van der Waals surface area contributed by atoms with E-state index in [1.807, 2.05) is 0 Å². The molecule has 0 saturated heterocycles. The van der Waals surface area contributed by atoms with Gasteiger partial charge >= 0.3 is 23.9 Å². The van der Waals surface area contributed by atoms with Gasteiger partial charge in [0.15, 0.2) is 23.0 Å². The minimum atomic E-state index is -1.52. The number of methoxy groups -OCH3 is 4. The van der Waals surface area contributed by atoms with Crippen molar-refractivity contribution in [3.8, 4) is 57.5 Å². The average molecular weight is 679 g/mol. The molecule has 0 heterocycles. The smallest absolute Gasteiger partial charge is 0.351 e. The lowest BCUT2D eigenvalue weighted by Gasteiger charge is -2.19. The summed E-state index contributed by atoms with van der Waals surface area (Å²) in [4.78, 5) is 51.0. The molecule has 0 amide bonds. The van der Waals surface area contributed by atoms with E-state index in [0.29, 0.717) is 11.1 Å². The molecular formula is C34H30O15. The van der Waals surface area contributed by atoms with Gasteiger partial charge in [0.2, 0.25) is 0 Å². The monoisotopic (exact) mass is 678 g/mol. The summed E-state index contributed by atoms with van der Waals surface area (Å²) in [6.45, 7) is 3.17. The van der Waals surface area contributed by atoms with Crippen molar-refractivity contribution in [2.45, 2.75) is 13.8 Å². The number of aryl methyl sites for hydroxylation is 2. The van der Waals surface area contributed by atoms with E-state index in [-0.39, 0.29) is 57.1 Å². The summed E-state index contributed by atoms with van der Waals surface area (Å²) in [6, 6.07) is 9.52. The molecule has 0 aliphatic carbocycles. The van der Waals surface area contributed by atoms with Crippen LogP contribution in [0.2, 0.25) is 0 Å². The summed E-state index contributed by atoms with van der Waals surface area (Å²) in [7, 11) is 4.61. The third-order valence-electron chi connectivity index (χ3n) is 6.82. The fraction of sp³-hybridized carbons (Fsp3) is 0.176. The van der Waals surface area contributed by atoms with Gasteiger partial charge in [-0.1, -0.05) is 0 Å². The van der Waals surface area contributed by atoms with Gasteiger partial charge in [-0.25, -0.2) is 19.2 Å². The molecule has 4 aromatic carbocycles. The Morgan fingerprint density at radius 3 is 1.51 bits per heavy atom. The number of aromatic carboxylic acids is 1. The van der Waals surface area contributed by atoms with Gasteiger partial charge in [-0.05, 0) is 61.4 Å². The summed E-state index contributed by atoms with van der Waals surface area (Å²) in [5, 5.41) is 40.9.